The van der Waals surface area contributed by atoms with E-state index in [1.165, 1.54) is 43.2 Å². The topological polar surface area (TPSA) is 109 Å². The molecule has 10 heteroatoms. The maximum absolute atomic E-state index is 12.6. The summed E-state index contributed by atoms with van der Waals surface area (Å²) in [6.07, 6.45) is 2.84. The molecule has 0 saturated carbocycles. The number of hydrogen-bond donors (Lipinski definition) is 3. The third-order valence-electron chi connectivity index (χ3n) is 3.61. The van der Waals surface area contributed by atoms with E-state index in [0.29, 0.717) is 23.0 Å². The van der Waals surface area contributed by atoms with E-state index in [1.807, 2.05) is 6.92 Å². The van der Waals surface area contributed by atoms with Gasteiger partial charge in [-0.05, 0) is 30.7 Å². The van der Waals surface area contributed by atoms with Crippen LogP contribution < -0.4 is 20.7 Å². The summed E-state index contributed by atoms with van der Waals surface area (Å²) < 4.78 is 6.23. The van der Waals surface area contributed by atoms with Crippen LogP contribution in [0.3, 0.4) is 0 Å². The number of aromatic nitrogens is 1. The van der Waals surface area contributed by atoms with Crippen LogP contribution in [0.4, 0.5) is 5.13 Å². The van der Waals surface area contributed by atoms with E-state index < -0.39 is 0 Å². The van der Waals surface area contributed by atoms with Gasteiger partial charge in [0, 0.05) is 24.9 Å². The SMILES string of the molecule is C=CC(=O)NCCNC(=O)c1cc(Sc2cnc(NC(C)=O)s2)c(C)cc1OC. The van der Waals surface area contributed by atoms with Crippen molar-refractivity contribution < 1.29 is 19.1 Å². The molecular formula is C19H22N4O4S2. The van der Waals surface area contributed by atoms with Gasteiger partial charge in [0.2, 0.25) is 11.8 Å². The van der Waals surface area contributed by atoms with E-state index in [4.69, 9.17) is 4.74 Å². The molecule has 1 aromatic heterocycles. The van der Waals surface area contributed by atoms with Crippen molar-refractivity contribution in [3.05, 3.63) is 42.1 Å². The molecule has 0 aliphatic carbocycles. The molecule has 3 N–H and O–H groups in total. The number of thiazole rings is 1. The lowest BCUT2D eigenvalue weighted by atomic mass is 10.1. The maximum Gasteiger partial charge on any atom is 0.255 e. The van der Waals surface area contributed by atoms with E-state index in [-0.39, 0.29) is 24.3 Å². The van der Waals surface area contributed by atoms with E-state index in [0.717, 1.165) is 14.7 Å². The summed E-state index contributed by atoms with van der Waals surface area (Å²) in [6.45, 7) is 7.28. The number of benzene rings is 1. The van der Waals surface area contributed by atoms with Gasteiger partial charge >= 0.3 is 0 Å². The monoisotopic (exact) mass is 434 g/mol. The molecule has 0 radical (unpaired) electrons. The Labute approximate surface area is 177 Å². The third-order valence-corrected chi connectivity index (χ3v) is 5.79. The molecule has 2 aromatic rings. The zero-order valence-electron chi connectivity index (χ0n) is 16.3. The molecule has 0 atom stereocenters. The fraction of sp³-hybridized carbons (Fsp3) is 0.263. The molecule has 154 valence electrons. The highest BCUT2D eigenvalue weighted by Gasteiger charge is 2.16. The molecule has 0 aliphatic rings. The van der Waals surface area contributed by atoms with Crippen LogP contribution >= 0.6 is 23.1 Å². The first-order valence-corrected chi connectivity index (χ1v) is 10.3. The maximum atomic E-state index is 12.6. The number of rotatable bonds is 9. The van der Waals surface area contributed by atoms with Gasteiger partial charge in [-0.2, -0.15) is 0 Å². The van der Waals surface area contributed by atoms with Crippen molar-refractivity contribution in [2.75, 3.05) is 25.5 Å². The Morgan fingerprint density at radius 2 is 2.00 bits per heavy atom. The molecule has 0 fully saturated rings. The minimum absolute atomic E-state index is 0.181. The van der Waals surface area contributed by atoms with Gasteiger partial charge in [-0.15, -0.1) is 0 Å². The van der Waals surface area contributed by atoms with Crippen LogP contribution in [0.15, 0.2) is 40.1 Å². The highest BCUT2D eigenvalue weighted by molar-refractivity contribution is 8.01. The Balaban J connectivity index is 2.13. The number of ether oxygens (including phenoxy) is 1. The minimum atomic E-state index is -0.306. The van der Waals surface area contributed by atoms with Crippen molar-refractivity contribution in [3.63, 3.8) is 0 Å². The number of anilines is 1. The lowest BCUT2D eigenvalue weighted by Crippen LogP contribution is -2.34. The lowest BCUT2D eigenvalue weighted by molar-refractivity contribution is -0.116. The fourth-order valence-corrected chi connectivity index (χ4v) is 4.26. The zero-order valence-corrected chi connectivity index (χ0v) is 18.0. The molecule has 1 heterocycles. The van der Waals surface area contributed by atoms with Gasteiger partial charge < -0.3 is 20.7 Å². The number of hydrogen-bond acceptors (Lipinski definition) is 7. The van der Waals surface area contributed by atoms with Crippen LogP contribution in [0.2, 0.25) is 0 Å². The van der Waals surface area contributed by atoms with Crippen molar-refractivity contribution in [2.45, 2.75) is 23.0 Å². The van der Waals surface area contributed by atoms with Crippen molar-refractivity contribution in [2.24, 2.45) is 0 Å². The molecule has 2 rings (SSSR count). The smallest absolute Gasteiger partial charge is 0.255 e. The van der Waals surface area contributed by atoms with Crippen LogP contribution in [0.25, 0.3) is 0 Å². The van der Waals surface area contributed by atoms with Crippen LogP contribution in [0, 0.1) is 6.92 Å². The Bertz CT molecular complexity index is 927. The molecule has 0 bridgehead atoms. The Hall–Kier alpha value is -2.85. The first-order chi connectivity index (χ1) is 13.8. The van der Waals surface area contributed by atoms with E-state index in [2.05, 4.69) is 27.5 Å². The van der Waals surface area contributed by atoms with E-state index >= 15 is 0 Å². The highest BCUT2D eigenvalue weighted by atomic mass is 32.2. The van der Waals surface area contributed by atoms with Crippen molar-refractivity contribution in [1.29, 1.82) is 0 Å². The Kier molecular flexibility index (Phi) is 8.22. The minimum Gasteiger partial charge on any atom is -0.496 e. The molecule has 29 heavy (non-hydrogen) atoms. The van der Waals surface area contributed by atoms with Gasteiger partial charge in [0.1, 0.15) is 5.75 Å². The van der Waals surface area contributed by atoms with Gasteiger partial charge in [-0.1, -0.05) is 29.7 Å². The molecule has 8 nitrogen and oxygen atoms in total. The standard InChI is InChI=1S/C19H22N4O4S2/c1-5-16(25)20-6-7-21-18(26)13-9-15(11(2)8-14(13)27-4)28-17-10-22-19(29-17)23-12(3)24/h5,8-10H,1,6-7H2,2-4H3,(H,20,25)(H,21,26)(H,22,23,24). The summed E-state index contributed by atoms with van der Waals surface area (Å²) in [5.41, 5.74) is 1.33. The summed E-state index contributed by atoms with van der Waals surface area (Å²) in [6, 6.07) is 3.56. The summed E-state index contributed by atoms with van der Waals surface area (Å²) in [4.78, 5) is 39.9. The highest BCUT2D eigenvalue weighted by Crippen LogP contribution is 2.38. The Morgan fingerprint density at radius 1 is 1.28 bits per heavy atom. The van der Waals surface area contributed by atoms with Gasteiger partial charge in [0.05, 0.1) is 23.1 Å². The number of amides is 3. The Morgan fingerprint density at radius 3 is 2.66 bits per heavy atom. The molecule has 1 aromatic carbocycles. The predicted octanol–water partition coefficient (Wildman–Crippen LogP) is 2.60. The van der Waals surface area contributed by atoms with Crippen LogP contribution in [0.1, 0.15) is 22.8 Å². The van der Waals surface area contributed by atoms with Gasteiger partial charge in [-0.25, -0.2) is 4.98 Å². The number of aryl methyl sites for hydroxylation is 1. The van der Waals surface area contributed by atoms with Gasteiger partial charge in [0.25, 0.3) is 5.91 Å². The first-order valence-electron chi connectivity index (χ1n) is 8.62. The summed E-state index contributed by atoms with van der Waals surface area (Å²) >= 11 is 2.80. The first kappa shape index (κ1) is 22.4. The number of nitrogens with zero attached hydrogens (tertiary/aromatic N) is 1. The van der Waals surface area contributed by atoms with Crippen molar-refractivity contribution >= 4 is 46.0 Å². The third kappa shape index (κ3) is 6.61. The average molecular weight is 435 g/mol. The van der Waals surface area contributed by atoms with Crippen LogP contribution in [-0.4, -0.2) is 42.9 Å². The molecule has 0 spiro atoms. The second kappa shape index (κ2) is 10.6. The van der Waals surface area contributed by atoms with Crippen LogP contribution in [0.5, 0.6) is 5.75 Å². The average Bonchev–Trinajstić information content (AvgIpc) is 3.12. The second-order valence-corrected chi connectivity index (χ2v) is 8.21. The van der Waals surface area contributed by atoms with E-state index in [9.17, 15) is 14.4 Å². The summed E-state index contributed by atoms with van der Waals surface area (Å²) in [7, 11) is 1.51. The van der Waals surface area contributed by atoms with Crippen molar-refractivity contribution in [1.82, 2.24) is 15.6 Å². The van der Waals surface area contributed by atoms with Gasteiger partial charge in [-0.3, -0.25) is 14.4 Å². The van der Waals surface area contributed by atoms with Crippen LogP contribution in [-0.2, 0) is 9.59 Å². The fourth-order valence-electron chi connectivity index (χ4n) is 2.27. The summed E-state index contributed by atoms with van der Waals surface area (Å²) in [5.74, 6) is -0.323. The number of methoxy groups -OCH3 is 1. The van der Waals surface area contributed by atoms with E-state index in [1.54, 1.807) is 18.3 Å². The lowest BCUT2D eigenvalue weighted by Gasteiger charge is -2.13. The predicted molar refractivity (Wildman–Crippen MR) is 114 cm³/mol. The molecule has 0 aliphatic heterocycles. The van der Waals surface area contributed by atoms with Crippen molar-refractivity contribution in [3.8, 4) is 5.75 Å². The summed E-state index contributed by atoms with van der Waals surface area (Å²) in [5, 5.41) is 8.52. The molecule has 0 saturated heterocycles. The molecule has 0 unspecified atom stereocenters. The number of carbonyl (C=O) groups is 3. The molecule has 3 amide bonds. The van der Waals surface area contributed by atoms with Gasteiger partial charge in [0.15, 0.2) is 5.13 Å². The quantitative estimate of drug-likeness (QED) is 0.413. The number of nitrogens with one attached hydrogen (secondary N) is 3. The largest absolute Gasteiger partial charge is 0.496 e. The molecular weight excluding hydrogens is 412 g/mol. The second-order valence-electron chi connectivity index (χ2n) is 5.84. The number of carbonyl (C=O) groups excluding carboxylic acids is 3. The zero-order chi connectivity index (χ0) is 21.4. The normalized spacial score (nSPS) is 10.2.